The fraction of sp³-hybridized carbons (Fsp3) is 0.600. The van der Waals surface area contributed by atoms with Crippen LogP contribution in [0.15, 0.2) is 78.9 Å². The molecule has 3 aromatic rings. The van der Waals surface area contributed by atoms with Crippen molar-refractivity contribution in [2.24, 2.45) is 0 Å². The number of halogens is 1. The Morgan fingerprint density at radius 1 is 0.519 bits per heavy atom. The molecule has 0 aliphatic carbocycles. The molecule has 0 saturated heterocycles. The van der Waals surface area contributed by atoms with Gasteiger partial charge in [0.2, 0.25) is 0 Å². The standard InChI is InChI=1S/C50H77BrO2P/c1-6-8-10-12-18-22-30-41-52-50(53-42-31-23-19-13-11-9-7-2)40-25-21-17-15-14-16-20-24-35-46-36-32-39-49(45(46)5)54(51,47-37-28-26-33-43(47)3)48-38-29-27-34-44(48)4/h14,16,26-29,32-34,36-39,50H,6-13,15,17-25,30-31,35,40-42H2,1-5H3/q+1/b16-14-. The van der Waals surface area contributed by atoms with Gasteiger partial charge >= 0.3 is 0 Å². The topological polar surface area (TPSA) is 18.5 Å². The summed E-state index contributed by atoms with van der Waals surface area (Å²) in [6.07, 6.45) is 32.6. The van der Waals surface area contributed by atoms with E-state index in [1.165, 1.54) is 160 Å². The van der Waals surface area contributed by atoms with Gasteiger partial charge in [0.25, 0.3) is 0 Å². The summed E-state index contributed by atoms with van der Waals surface area (Å²) in [6.45, 7) is 13.1. The molecule has 0 unspecified atom stereocenters. The first-order valence-corrected chi connectivity index (χ1v) is 25.9. The van der Waals surface area contributed by atoms with Gasteiger partial charge in [0.1, 0.15) is 15.9 Å². The molecule has 3 aromatic carbocycles. The summed E-state index contributed by atoms with van der Waals surface area (Å²) >= 11 is 4.47. The lowest BCUT2D eigenvalue weighted by molar-refractivity contribution is -0.148. The summed E-state index contributed by atoms with van der Waals surface area (Å²) in [6, 6.07) is 24.9. The second-order valence-electron chi connectivity index (χ2n) is 15.6. The highest BCUT2D eigenvalue weighted by Gasteiger charge is 2.47. The zero-order valence-corrected chi connectivity index (χ0v) is 37.7. The minimum atomic E-state index is -1.98. The summed E-state index contributed by atoms with van der Waals surface area (Å²) in [4.78, 5) is 0. The maximum atomic E-state index is 6.29. The number of unbranched alkanes of at least 4 members (excludes halogenated alkanes) is 16. The molecule has 0 amide bonds. The summed E-state index contributed by atoms with van der Waals surface area (Å²) in [5.41, 5.74) is 5.61. The number of benzene rings is 3. The van der Waals surface area contributed by atoms with E-state index in [0.717, 1.165) is 32.5 Å². The molecule has 0 bridgehead atoms. The lowest BCUT2D eigenvalue weighted by Crippen LogP contribution is -2.31. The molecule has 0 spiro atoms. The Labute approximate surface area is 341 Å². The quantitative estimate of drug-likeness (QED) is 0.0279. The van der Waals surface area contributed by atoms with Crippen molar-refractivity contribution in [3.8, 4) is 0 Å². The fourth-order valence-electron chi connectivity index (χ4n) is 7.64. The van der Waals surface area contributed by atoms with Crippen LogP contribution in [-0.2, 0) is 15.9 Å². The molecule has 0 aromatic heterocycles. The number of rotatable bonds is 31. The van der Waals surface area contributed by atoms with E-state index in [2.05, 4.69) is 129 Å². The number of ether oxygens (including phenoxy) is 2. The van der Waals surface area contributed by atoms with E-state index in [4.69, 9.17) is 9.47 Å². The van der Waals surface area contributed by atoms with Crippen LogP contribution in [0.5, 0.6) is 0 Å². The molecule has 0 aliphatic rings. The number of hydrogen-bond acceptors (Lipinski definition) is 2. The third-order valence-corrected chi connectivity index (χ3v) is 18.0. The molecular weight excluding hydrogens is 743 g/mol. The minimum absolute atomic E-state index is 0.0204. The normalized spacial score (nSPS) is 12.1. The molecule has 0 aliphatic heterocycles. The molecule has 0 heterocycles. The van der Waals surface area contributed by atoms with E-state index in [1.54, 1.807) is 0 Å². The maximum Gasteiger partial charge on any atom is 0.181 e. The predicted octanol–water partition coefficient (Wildman–Crippen LogP) is 14.9. The SMILES string of the molecule is CCCCCCCCCOC(CCCCC/C=C\CCCc1cccc([P+](Br)(c2ccccc2C)c2ccccc2C)c1C)OCCCCCCCCC. The van der Waals surface area contributed by atoms with E-state index in [0.29, 0.717) is 0 Å². The average Bonchev–Trinajstić information content (AvgIpc) is 3.18. The van der Waals surface area contributed by atoms with Gasteiger partial charge in [0.05, 0.1) is 0 Å². The largest absolute Gasteiger partial charge is 0.353 e. The van der Waals surface area contributed by atoms with E-state index >= 15 is 0 Å². The Kier molecular flexibility index (Phi) is 24.7. The highest BCUT2D eigenvalue weighted by atomic mass is 79.9. The van der Waals surface area contributed by atoms with E-state index in [1.807, 2.05) is 0 Å². The van der Waals surface area contributed by atoms with Gasteiger partial charge in [0.15, 0.2) is 27.7 Å². The molecule has 0 N–H and O–H groups in total. The van der Waals surface area contributed by atoms with Crippen LogP contribution in [0, 0.1) is 20.8 Å². The van der Waals surface area contributed by atoms with E-state index in [9.17, 15) is 0 Å². The van der Waals surface area contributed by atoms with E-state index < -0.39 is 5.96 Å². The first kappa shape index (κ1) is 46.6. The van der Waals surface area contributed by atoms with Gasteiger partial charge in [-0.1, -0.05) is 158 Å². The van der Waals surface area contributed by atoms with Gasteiger partial charge in [0, 0.05) is 13.2 Å². The number of aryl methyl sites for hydroxylation is 3. The number of allylic oxidation sites excluding steroid dienone is 2. The third-order valence-electron chi connectivity index (χ3n) is 11.0. The van der Waals surface area contributed by atoms with Gasteiger partial charge in [-0.2, -0.15) is 0 Å². The minimum Gasteiger partial charge on any atom is -0.353 e. The molecule has 54 heavy (non-hydrogen) atoms. The van der Waals surface area contributed by atoms with Crippen molar-refractivity contribution in [3.63, 3.8) is 0 Å². The van der Waals surface area contributed by atoms with Crippen LogP contribution < -0.4 is 15.9 Å². The van der Waals surface area contributed by atoms with Gasteiger partial charge in [-0.3, -0.25) is 0 Å². The molecule has 2 nitrogen and oxygen atoms in total. The van der Waals surface area contributed by atoms with Crippen LogP contribution >= 0.6 is 21.5 Å². The first-order valence-electron chi connectivity index (χ1n) is 22.1. The lowest BCUT2D eigenvalue weighted by Gasteiger charge is -2.25. The highest BCUT2D eigenvalue weighted by Crippen LogP contribution is 2.64. The van der Waals surface area contributed by atoms with Crippen molar-refractivity contribution >= 4 is 37.4 Å². The van der Waals surface area contributed by atoms with Crippen molar-refractivity contribution < 1.29 is 9.47 Å². The van der Waals surface area contributed by atoms with Crippen LogP contribution in [0.2, 0.25) is 0 Å². The van der Waals surface area contributed by atoms with Crippen molar-refractivity contribution in [3.05, 3.63) is 101 Å². The average molecular weight is 821 g/mol. The summed E-state index contributed by atoms with van der Waals surface area (Å²) in [7, 11) is 0. The molecule has 3 rings (SSSR count). The number of hydrogen-bond donors (Lipinski definition) is 0. The van der Waals surface area contributed by atoms with Crippen LogP contribution in [0.1, 0.15) is 171 Å². The summed E-state index contributed by atoms with van der Waals surface area (Å²) in [5, 5.41) is 4.29. The molecule has 0 fully saturated rings. The maximum absolute atomic E-state index is 6.29. The molecular formula is C50H77BrO2P+. The van der Waals surface area contributed by atoms with E-state index in [-0.39, 0.29) is 6.29 Å². The van der Waals surface area contributed by atoms with Gasteiger partial charge in [-0.05, 0) is 119 Å². The van der Waals surface area contributed by atoms with Crippen molar-refractivity contribution in [1.82, 2.24) is 0 Å². The Balaban J connectivity index is 1.42. The van der Waals surface area contributed by atoms with Crippen LogP contribution in [0.25, 0.3) is 0 Å². The van der Waals surface area contributed by atoms with Crippen molar-refractivity contribution in [1.29, 1.82) is 0 Å². The van der Waals surface area contributed by atoms with Crippen molar-refractivity contribution in [2.75, 3.05) is 13.2 Å². The molecule has 300 valence electrons. The second-order valence-corrected chi connectivity index (χ2v) is 21.5. The zero-order valence-electron chi connectivity index (χ0n) is 35.2. The molecule has 4 heteroatoms. The van der Waals surface area contributed by atoms with Gasteiger partial charge in [-0.15, -0.1) is 0 Å². The Morgan fingerprint density at radius 3 is 1.52 bits per heavy atom. The van der Waals surface area contributed by atoms with Crippen LogP contribution in [0.4, 0.5) is 0 Å². The molecule has 0 saturated carbocycles. The Bertz CT molecular complexity index is 1370. The molecule has 0 atom stereocenters. The summed E-state index contributed by atoms with van der Waals surface area (Å²) < 4.78 is 12.6. The Morgan fingerprint density at radius 2 is 0.981 bits per heavy atom. The monoisotopic (exact) mass is 819 g/mol. The second kappa shape index (κ2) is 28.6. The van der Waals surface area contributed by atoms with Crippen molar-refractivity contribution in [2.45, 2.75) is 182 Å². The van der Waals surface area contributed by atoms with Crippen LogP contribution in [0.3, 0.4) is 0 Å². The fourth-order valence-corrected chi connectivity index (χ4v) is 14.6. The summed E-state index contributed by atoms with van der Waals surface area (Å²) in [5.74, 6) is -1.98. The third kappa shape index (κ3) is 16.8. The van der Waals surface area contributed by atoms with Gasteiger partial charge in [-0.25, -0.2) is 0 Å². The van der Waals surface area contributed by atoms with Gasteiger partial charge < -0.3 is 9.47 Å². The lowest BCUT2D eigenvalue weighted by atomic mass is 10.0. The smallest absolute Gasteiger partial charge is 0.181 e. The Hall–Kier alpha value is -1.77. The highest BCUT2D eigenvalue weighted by molar-refractivity contribution is 9.44. The zero-order chi connectivity index (χ0) is 38.7. The van der Waals surface area contributed by atoms with Crippen LogP contribution in [-0.4, -0.2) is 19.5 Å². The molecule has 0 radical (unpaired) electrons. The first-order chi connectivity index (χ1) is 26.4. The predicted molar refractivity (Wildman–Crippen MR) is 245 cm³/mol.